The van der Waals surface area contributed by atoms with E-state index in [4.69, 9.17) is 4.98 Å². The van der Waals surface area contributed by atoms with Crippen LogP contribution in [0.3, 0.4) is 0 Å². The molecule has 0 spiro atoms. The van der Waals surface area contributed by atoms with E-state index in [-0.39, 0.29) is 5.41 Å². The van der Waals surface area contributed by atoms with E-state index in [1.165, 1.54) is 18.5 Å². The van der Waals surface area contributed by atoms with Gasteiger partial charge in [-0.2, -0.15) is 4.98 Å². The van der Waals surface area contributed by atoms with Gasteiger partial charge in [-0.1, -0.05) is 26.0 Å². The van der Waals surface area contributed by atoms with Crippen molar-refractivity contribution >= 4 is 44.5 Å². The second-order valence-corrected chi connectivity index (χ2v) is 12.9. The molecule has 3 heterocycles. The molecule has 2 N–H and O–H groups in total. The molecule has 1 saturated heterocycles. The fraction of sp³-hybridized carbons (Fsp3) is 0.429. The summed E-state index contributed by atoms with van der Waals surface area (Å²) in [4.78, 5) is 16.3. The lowest BCUT2D eigenvalue weighted by atomic mass is 9.89. The molecule has 1 fully saturated rings. The molecule has 3 aromatic rings. The minimum Gasteiger partial charge on any atom is -0.371 e. The maximum absolute atomic E-state index is 12.0. The standard InChI is InChI=1S/C28H37N7O2S/c1-28(2)19-35(25-9-7-6-8-24(25)32-38(5,36)37)26-23(28)18-29-27(31-26)30-20-10-12-22(13-11-20)34-16-14-21(15-17-34)33(3)4/h6-13,18,21,32H,14-17,19H2,1-5H3,(H,29,30,31). The van der Waals surface area contributed by atoms with E-state index in [0.29, 0.717) is 24.2 Å². The molecule has 0 amide bonds. The Labute approximate surface area is 225 Å². The van der Waals surface area contributed by atoms with Crippen molar-refractivity contribution in [2.45, 2.75) is 38.1 Å². The highest BCUT2D eigenvalue weighted by molar-refractivity contribution is 7.92. The molecule has 10 heteroatoms. The molecule has 38 heavy (non-hydrogen) atoms. The normalized spacial score (nSPS) is 17.5. The van der Waals surface area contributed by atoms with Crippen LogP contribution in [0, 0.1) is 0 Å². The van der Waals surface area contributed by atoms with Crippen molar-refractivity contribution in [2.75, 3.05) is 59.8 Å². The molecular formula is C28H37N7O2S. The molecule has 5 rings (SSSR count). The summed E-state index contributed by atoms with van der Waals surface area (Å²) in [6.45, 7) is 7.07. The summed E-state index contributed by atoms with van der Waals surface area (Å²) in [6.07, 6.45) is 5.38. The molecule has 9 nitrogen and oxygen atoms in total. The zero-order valence-electron chi connectivity index (χ0n) is 22.8. The van der Waals surface area contributed by atoms with Gasteiger partial charge in [-0.05, 0) is 63.3 Å². The Morgan fingerprint density at radius 2 is 1.71 bits per heavy atom. The van der Waals surface area contributed by atoms with Crippen molar-refractivity contribution in [1.29, 1.82) is 0 Å². The molecule has 202 valence electrons. The van der Waals surface area contributed by atoms with Gasteiger partial charge < -0.3 is 20.0 Å². The third-order valence-corrected chi connectivity index (χ3v) is 8.07. The molecule has 0 aliphatic carbocycles. The van der Waals surface area contributed by atoms with Crippen LogP contribution in [0.25, 0.3) is 0 Å². The second-order valence-electron chi connectivity index (χ2n) is 11.1. The Bertz CT molecular complexity index is 1400. The van der Waals surface area contributed by atoms with Crippen molar-refractivity contribution in [3.05, 3.63) is 60.3 Å². The number of benzene rings is 2. The lowest BCUT2D eigenvalue weighted by Crippen LogP contribution is -2.41. The number of sulfonamides is 1. The van der Waals surface area contributed by atoms with Crippen molar-refractivity contribution < 1.29 is 8.42 Å². The van der Waals surface area contributed by atoms with E-state index in [0.717, 1.165) is 42.1 Å². The summed E-state index contributed by atoms with van der Waals surface area (Å²) in [5.74, 6) is 1.27. The van der Waals surface area contributed by atoms with Crippen molar-refractivity contribution in [2.24, 2.45) is 0 Å². The predicted octanol–water partition coefficient (Wildman–Crippen LogP) is 4.55. The van der Waals surface area contributed by atoms with Gasteiger partial charge in [0.2, 0.25) is 16.0 Å². The topological polar surface area (TPSA) is 93.7 Å². The summed E-state index contributed by atoms with van der Waals surface area (Å²) in [7, 11) is 0.890. The van der Waals surface area contributed by atoms with Gasteiger partial charge in [0.05, 0.1) is 17.6 Å². The van der Waals surface area contributed by atoms with Crippen LogP contribution in [-0.4, -0.2) is 69.3 Å². The molecular weight excluding hydrogens is 498 g/mol. The fourth-order valence-electron chi connectivity index (χ4n) is 5.39. The molecule has 2 aliphatic heterocycles. The van der Waals surface area contributed by atoms with Crippen LogP contribution in [0.4, 0.5) is 34.5 Å². The molecule has 1 aromatic heterocycles. The first-order valence-corrected chi connectivity index (χ1v) is 14.9. The SMILES string of the molecule is CN(C)C1CCN(c2ccc(Nc3ncc4c(n3)N(c3ccccc3NS(C)(=O)=O)CC4(C)C)cc2)CC1. The fourth-order valence-corrected chi connectivity index (χ4v) is 5.96. The van der Waals surface area contributed by atoms with Gasteiger partial charge in [0.25, 0.3) is 0 Å². The quantitative estimate of drug-likeness (QED) is 0.455. The molecule has 0 radical (unpaired) electrons. The molecule has 2 aliphatic rings. The van der Waals surface area contributed by atoms with E-state index in [1.54, 1.807) is 6.07 Å². The van der Waals surface area contributed by atoms with E-state index in [1.807, 2.05) is 24.4 Å². The number of piperidine rings is 1. The van der Waals surface area contributed by atoms with Gasteiger partial charge in [-0.25, -0.2) is 13.4 Å². The number of rotatable bonds is 7. The molecule has 0 bridgehead atoms. The molecule has 0 saturated carbocycles. The summed E-state index contributed by atoms with van der Waals surface area (Å²) in [6, 6.07) is 16.5. The van der Waals surface area contributed by atoms with Gasteiger partial charge in [0, 0.05) is 54.2 Å². The Morgan fingerprint density at radius 1 is 1.03 bits per heavy atom. The van der Waals surface area contributed by atoms with Gasteiger partial charge in [-0.3, -0.25) is 4.72 Å². The second kappa shape index (κ2) is 10.1. The van der Waals surface area contributed by atoms with Crippen LogP contribution >= 0.6 is 0 Å². The molecule has 2 aromatic carbocycles. The zero-order valence-corrected chi connectivity index (χ0v) is 23.6. The summed E-state index contributed by atoms with van der Waals surface area (Å²) in [5.41, 5.74) is 4.25. The number of hydrogen-bond donors (Lipinski definition) is 2. The first-order chi connectivity index (χ1) is 18.0. The number of nitrogens with one attached hydrogen (secondary N) is 2. The van der Waals surface area contributed by atoms with Crippen molar-refractivity contribution in [3.8, 4) is 0 Å². The Balaban J connectivity index is 1.36. The average Bonchev–Trinajstić information content (AvgIpc) is 3.14. The molecule has 0 unspecified atom stereocenters. The van der Waals surface area contributed by atoms with Gasteiger partial charge >= 0.3 is 0 Å². The van der Waals surface area contributed by atoms with Crippen LogP contribution in [0.2, 0.25) is 0 Å². The highest BCUT2D eigenvalue weighted by atomic mass is 32.2. The summed E-state index contributed by atoms with van der Waals surface area (Å²) < 4.78 is 26.6. The Kier molecular flexibility index (Phi) is 6.96. The van der Waals surface area contributed by atoms with Gasteiger partial charge in [0.15, 0.2) is 0 Å². The highest BCUT2D eigenvalue weighted by Gasteiger charge is 2.38. The third-order valence-electron chi connectivity index (χ3n) is 7.48. The van der Waals surface area contributed by atoms with Crippen molar-refractivity contribution in [1.82, 2.24) is 14.9 Å². The van der Waals surface area contributed by atoms with E-state index < -0.39 is 10.0 Å². The minimum absolute atomic E-state index is 0.201. The molecule has 0 atom stereocenters. The number of aromatic nitrogens is 2. The summed E-state index contributed by atoms with van der Waals surface area (Å²) >= 11 is 0. The van der Waals surface area contributed by atoms with Crippen LogP contribution < -0.4 is 19.8 Å². The largest absolute Gasteiger partial charge is 0.371 e. The van der Waals surface area contributed by atoms with Gasteiger partial charge in [0.1, 0.15) is 5.82 Å². The van der Waals surface area contributed by atoms with E-state index in [2.05, 4.69) is 81.9 Å². The van der Waals surface area contributed by atoms with Crippen LogP contribution in [0.5, 0.6) is 0 Å². The predicted molar refractivity (Wildman–Crippen MR) is 156 cm³/mol. The zero-order chi connectivity index (χ0) is 27.1. The summed E-state index contributed by atoms with van der Waals surface area (Å²) in [5, 5.41) is 3.35. The monoisotopic (exact) mass is 535 g/mol. The van der Waals surface area contributed by atoms with Crippen molar-refractivity contribution in [3.63, 3.8) is 0 Å². The lowest BCUT2D eigenvalue weighted by molar-refractivity contribution is 0.249. The number of hydrogen-bond acceptors (Lipinski definition) is 8. The first-order valence-electron chi connectivity index (χ1n) is 13.0. The smallest absolute Gasteiger partial charge is 0.229 e. The van der Waals surface area contributed by atoms with Crippen LogP contribution in [-0.2, 0) is 15.4 Å². The van der Waals surface area contributed by atoms with E-state index >= 15 is 0 Å². The number of para-hydroxylation sites is 2. The Morgan fingerprint density at radius 3 is 2.37 bits per heavy atom. The van der Waals surface area contributed by atoms with Crippen LogP contribution in [0.15, 0.2) is 54.7 Å². The Hall–Kier alpha value is -3.37. The highest BCUT2D eigenvalue weighted by Crippen LogP contribution is 2.45. The number of fused-ring (bicyclic) bond motifs is 1. The minimum atomic E-state index is -3.43. The van der Waals surface area contributed by atoms with Gasteiger partial charge in [-0.15, -0.1) is 0 Å². The first kappa shape index (κ1) is 26.2. The lowest BCUT2D eigenvalue weighted by Gasteiger charge is -2.36. The third kappa shape index (κ3) is 5.56. The average molecular weight is 536 g/mol. The van der Waals surface area contributed by atoms with E-state index in [9.17, 15) is 8.42 Å². The van der Waals surface area contributed by atoms with Crippen LogP contribution in [0.1, 0.15) is 32.3 Å². The number of anilines is 6. The maximum Gasteiger partial charge on any atom is 0.229 e. The number of nitrogens with zero attached hydrogens (tertiary/aromatic N) is 5. The maximum atomic E-state index is 12.0.